The van der Waals surface area contributed by atoms with E-state index < -0.39 is 0 Å². The molecule has 0 fully saturated rings. The third-order valence-corrected chi connectivity index (χ3v) is 4.30. The minimum absolute atomic E-state index is 0.159. The average Bonchev–Trinajstić information content (AvgIpc) is 2.64. The number of carbonyl (C=O) groups is 1. The van der Waals surface area contributed by atoms with Crippen molar-refractivity contribution in [2.24, 2.45) is 0 Å². The van der Waals surface area contributed by atoms with Crippen molar-refractivity contribution in [1.29, 1.82) is 0 Å². The predicted octanol–water partition coefficient (Wildman–Crippen LogP) is 5.16. The van der Waals surface area contributed by atoms with E-state index in [1.165, 1.54) is 0 Å². The van der Waals surface area contributed by atoms with Gasteiger partial charge in [0.05, 0.1) is 0 Å². The number of hydrogen-bond donors (Lipinski definition) is 1. The fraction of sp³-hybridized carbons (Fsp3) is 0.190. The van der Waals surface area contributed by atoms with Gasteiger partial charge in [-0.1, -0.05) is 23.7 Å². The van der Waals surface area contributed by atoms with Gasteiger partial charge in [0.1, 0.15) is 5.69 Å². The lowest BCUT2D eigenvalue weighted by Gasteiger charge is -2.21. The number of nitrogens with one attached hydrogen (secondary N) is 1. The molecule has 1 amide bonds. The zero-order valence-corrected chi connectivity index (χ0v) is 16.3. The quantitative estimate of drug-likeness (QED) is 0.664. The maximum Gasteiger partial charge on any atom is 0.277 e. The summed E-state index contributed by atoms with van der Waals surface area (Å²) in [5.74, 6) is 0.216. The minimum atomic E-state index is -0.159. The summed E-state index contributed by atoms with van der Waals surface area (Å²) < 4.78 is 0. The first-order chi connectivity index (χ1) is 13.0. The molecule has 0 unspecified atom stereocenters. The Morgan fingerprint density at radius 1 is 1.07 bits per heavy atom. The maximum atomic E-state index is 13.1. The largest absolute Gasteiger partial charge is 0.324 e. The number of anilines is 3. The number of hydrogen-bond acceptors (Lipinski definition) is 4. The second kappa shape index (κ2) is 8.18. The average molecular weight is 381 g/mol. The molecule has 0 saturated carbocycles. The highest BCUT2D eigenvalue weighted by Crippen LogP contribution is 2.20. The van der Waals surface area contributed by atoms with E-state index in [9.17, 15) is 4.79 Å². The fourth-order valence-corrected chi connectivity index (χ4v) is 2.90. The first-order valence-corrected chi connectivity index (χ1v) is 9.11. The van der Waals surface area contributed by atoms with Gasteiger partial charge in [-0.2, -0.15) is 0 Å². The number of carbonyl (C=O) groups excluding carboxylic acids is 1. The van der Waals surface area contributed by atoms with Crippen molar-refractivity contribution in [1.82, 2.24) is 9.97 Å². The Hall–Kier alpha value is -2.92. The van der Waals surface area contributed by atoms with Crippen LogP contribution < -0.4 is 10.2 Å². The molecule has 0 saturated heterocycles. The Labute approximate surface area is 164 Å². The van der Waals surface area contributed by atoms with Crippen molar-refractivity contribution in [3.05, 3.63) is 76.6 Å². The van der Waals surface area contributed by atoms with E-state index in [0.29, 0.717) is 28.9 Å². The van der Waals surface area contributed by atoms with E-state index >= 15 is 0 Å². The molecule has 0 aliphatic carbocycles. The van der Waals surface area contributed by atoms with E-state index in [4.69, 9.17) is 11.6 Å². The van der Waals surface area contributed by atoms with Crippen molar-refractivity contribution < 1.29 is 4.79 Å². The Kier molecular flexibility index (Phi) is 5.72. The van der Waals surface area contributed by atoms with Gasteiger partial charge in [-0.25, -0.2) is 9.97 Å². The number of rotatable bonds is 5. The monoisotopic (exact) mass is 380 g/mol. The molecule has 1 heterocycles. The van der Waals surface area contributed by atoms with Crippen molar-refractivity contribution in [3.63, 3.8) is 0 Å². The topological polar surface area (TPSA) is 58.1 Å². The highest BCUT2D eigenvalue weighted by atomic mass is 35.5. The molecule has 2 aromatic carbocycles. The number of nitrogens with zero attached hydrogens (tertiary/aromatic N) is 3. The lowest BCUT2D eigenvalue weighted by atomic mass is 10.2. The predicted molar refractivity (Wildman–Crippen MR) is 110 cm³/mol. The molecule has 0 aliphatic rings. The van der Waals surface area contributed by atoms with Crippen molar-refractivity contribution >= 4 is 34.8 Å². The SMILES string of the molecule is CCN(C(=O)c1cc(C)nc(Nc2ccc(Cl)cc2)n1)c1cccc(C)c1. The van der Waals surface area contributed by atoms with Gasteiger partial charge >= 0.3 is 0 Å². The fourth-order valence-electron chi connectivity index (χ4n) is 2.77. The summed E-state index contributed by atoms with van der Waals surface area (Å²) in [5.41, 5.74) is 3.82. The van der Waals surface area contributed by atoms with Gasteiger partial charge in [0.2, 0.25) is 5.95 Å². The zero-order chi connectivity index (χ0) is 19.4. The standard InChI is InChI=1S/C21H21ClN4O/c1-4-26(18-7-5-6-14(2)12-18)20(27)19-13-15(3)23-21(25-19)24-17-10-8-16(22)9-11-17/h5-13H,4H2,1-3H3,(H,23,24,25). The Balaban J connectivity index is 1.90. The molecule has 0 aliphatic heterocycles. The molecule has 1 N–H and O–H groups in total. The molecule has 27 heavy (non-hydrogen) atoms. The summed E-state index contributed by atoms with van der Waals surface area (Å²) in [5, 5.41) is 3.77. The van der Waals surface area contributed by atoms with Crippen LogP contribution in [0.1, 0.15) is 28.7 Å². The summed E-state index contributed by atoms with van der Waals surface area (Å²) in [6, 6.07) is 16.8. The van der Waals surface area contributed by atoms with Gasteiger partial charge < -0.3 is 10.2 Å². The minimum Gasteiger partial charge on any atom is -0.324 e. The van der Waals surface area contributed by atoms with Gasteiger partial charge in [0.15, 0.2) is 0 Å². The lowest BCUT2D eigenvalue weighted by molar-refractivity contribution is 0.0983. The molecule has 138 valence electrons. The first kappa shape index (κ1) is 18.9. The number of amides is 1. The van der Waals surface area contributed by atoms with Gasteiger partial charge in [-0.15, -0.1) is 0 Å². The number of aromatic nitrogens is 2. The molecule has 0 radical (unpaired) electrons. The maximum absolute atomic E-state index is 13.1. The molecule has 3 aromatic rings. The van der Waals surface area contributed by atoms with E-state index in [-0.39, 0.29) is 5.91 Å². The van der Waals surface area contributed by atoms with Crippen LogP contribution in [0.5, 0.6) is 0 Å². The van der Waals surface area contributed by atoms with E-state index in [0.717, 1.165) is 16.9 Å². The molecule has 0 atom stereocenters. The molecule has 1 aromatic heterocycles. The van der Waals surface area contributed by atoms with Gasteiger partial charge in [-0.05, 0) is 68.8 Å². The summed E-state index contributed by atoms with van der Waals surface area (Å²) >= 11 is 5.92. The van der Waals surface area contributed by atoms with Crippen LogP contribution in [-0.2, 0) is 0 Å². The third kappa shape index (κ3) is 4.63. The second-order valence-corrected chi connectivity index (χ2v) is 6.67. The van der Waals surface area contributed by atoms with Crippen molar-refractivity contribution in [2.45, 2.75) is 20.8 Å². The van der Waals surface area contributed by atoms with E-state index in [2.05, 4.69) is 15.3 Å². The Bertz CT molecular complexity index is 957. The molecular weight excluding hydrogens is 360 g/mol. The van der Waals surface area contributed by atoms with Gasteiger partial charge in [0, 0.05) is 28.6 Å². The Morgan fingerprint density at radius 3 is 2.48 bits per heavy atom. The molecule has 0 spiro atoms. The first-order valence-electron chi connectivity index (χ1n) is 8.73. The number of aryl methyl sites for hydroxylation is 2. The van der Waals surface area contributed by atoms with E-state index in [1.54, 1.807) is 23.1 Å². The number of benzene rings is 2. The smallest absolute Gasteiger partial charge is 0.277 e. The van der Waals surface area contributed by atoms with Crippen LogP contribution >= 0.6 is 11.6 Å². The van der Waals surface area contributed by atoms with Crippen LogP contribution in [-0.4, -0.2) is 22.4 Å². The van der Waals surface area contributed by atoms with Gasteiger partial charge in [0.25, 0.3) is 5.91 Å². The molecule has 3 rings (SSSR count). The van der Waals surface area contributed by atoms with E-state index in [1.807, 2.05) is 57.2 Å². The molecular formula is C21H21ClN4O. The third-order valence-electron chi connectivity index (χ3n) is 4.05. The van der Waals surface area contributed by atoms with Crippen LogP contribution in [0, 0.1) is 13.8 Å². The number of halogens is 1. The van der Waals surface area contributed by atoms with Crippen LogP contribution in [0.2, 0.25) is 5.02 Å². The normalized spacial score (nSPS) is 10.5. The summed E-state index contributed by atoms with van der Waals surface area (Å²) in [6.07, 6.45) is 0. The van der Waals surface area contributed by atoms with Crippen LogP contribution in [0.3, 0.4) is 0 Å². The van der Waals surface area contributed by atoms with Crippen LogP contribution in [0.25, 0.3) is 0 Å². The summed E-state index contributed by atoms with van der Waals surface area (Å²) in [4.78, 5) is 23.6. The van der Waals surface area contributed by atoms with Crippen molar-refractivity contribution in [3.8, 4) is 0 Å². The molecule has 5 nitrogen and oxygen atoms in total. The Morgan fingerprint density at radius 2 is 1.81 bits per heavy atom. The van der Waals surface area contributed by atoms with Crippen molar-refractivity contribution in [2.75, 3.05) is 16.8 Å². The summed E-state index contributed by atoms with van der Waals surface area (Å²) in [7, 11) is 0. The highest BCUT2D eigenvalue weighted by molar-refractivity contribution is 6.30. The van der Waals surface area contributed by atoms with Crippen LogP contribution in [0.4, 0.5) is 17.3 Å². The van der Waals surface area contributed by atoms with Crippen LogP contribution in [0.15, 0.2) is 54.6 Å². The molecule has 6 heteroatoms. The van der Waals surface area contributed by atoms with Gasteiger partial charge in [-0.3, -0.25) is 4.79 Å². The second-order valence-electron chi connectivity index (χ2n) is 6.24. The lowest BCUT2D eigenvalue weighted by Crippen LogP contribution is -2.31. The highest BCUT2D eigenvalue weighted by Gasteiger charge is 2.19. The molecule has 0 bridgehead atoms. The zero-order valence-electron chi connectivity index (χ0n) is 15.5. The summed E-state index contributed by atoms with van der Waals surface area (Å²) in [6.45, 7) is 6.34.